The van der Waals surface area contributed by atoms with E-state index in [0.717, 1.165) is 45.3 Å². The molecule has 4 heteroatoms. The van der Waals surface area contributed by atoms with Crippen LogP contribution in [0.15, 0.2) is 30.3 Å². The lowest BCUT2D eigenvalue weighted by Gasteiger charge is -2.51. The van der Waals surface area contributed by atoms with E-state index in [1.165, 1.54) is 24.8 Å². The van der Waals surface area contributed by atoms with E-state index in [1.54, 1.807) is 11.9 Å². The van der Waals surface area contributed by atoms with Crippen LogP contribution in [0.2, 0.25) is 0 Å². The van der Waals surface area contributed by atoms with Gasteiger partial charge in [0.25, 0.3) is 0 Å². The van der Waals surface area contributed by atoms with Gasteiger partial charge in [0.05, 0.1) is 0 Å². The Morgan fingerprint density at radius 1 is 1.17 bits per heavy atom. The largest absolute Gasteiger partial charge is 0.465 e. The second-order valence-electron chi connectivity index (χ2n) is 7.54. The molecule has 0 bridgehead atoms. The Bertz CT molecular complexity index is 532. The third-order valence-electron chi connectivity index (χ3n) is 6.27. The zero-order valence-corrected chi connectivity index (χ0v) is 14.8. The van der Waals surface area contributed by atoms with Crippen molar-refractivity contribution in [2.24, 2.45) is 5.92 Å². The van der Waals surface area contributed by atoms with Crippen LogP contribution < -0.4 is 0 Å². The minimum absolute atomic E-state index is 0.122. The van der Waals surface area contributed by atoms with Gasteiger partial charge < -0.3 is 10.0 Å². The van der Waals surface area contributed by atoms with Gasteiger partial charge in [0.1, 0.15) is 0 Å². The summed E-state index contributed by atoms with van der Waals surface area (Å²) in [6.07, 6.45) is 7.14. The van der Waals surface area contributed by atoms with Gasteiger partial charge in [-0.15, -0.1) is 0 Å². The monoisotopic (exact) mass is 330 g/mol. The lowest BCUT2D eigenvalue weighted by atomic mass is 9.68. The van der Waals surface area contributed by atoms with Gasteiger partial charge in [-0.25, -0.2) is 4.79 Å². The predicted molar refractivity (Wildman–Crippen MR) is 96.0 cm³/mol. The van der Waals surface area contributed by atoms with Crippen molar-refractivity contribution in [3.63, 3.8) is 0 Å². The van der Waals surface area contributed by atoms with Gasteiger partial charge in [0.15, 0.2) is 0 Å². The van der Waals surface area contributed by atoms with E-state index in [0.29, 0.717) is 5.92 Å². The first-order valence-corrected chi connectivity index (χ1v) is 9.35. The van der Waals surface area contributed by atoms with E-state index in [9.17, 15) is 9.90 Å². The summed E-state index contributed by atoms with van der Waals surface area (Å²) < 4.78 is 0. The fraction of sp³-hybridized carbons (Fsp3) is 0.650. The maximum absolute atomic E-state index is 11.7. The fourth-order valence-corrected chi connectivity index (χ4v) is 4.84. The standard InChI is InChI=1S/C20H30N2O2/c1-21(19(23)24)20(12-6-3-7-13-20)18-10-14-22(15-11-18)16-17-8-4-2-5-9-17/h2,4-5,8-9,18H,3,6-7,10-16H2,1H3,(H,23,24). The van der Waals surface area contributed by atoms with Crippen molar-refractivity contribution in [2.75, 3.05) is 20.1 Å². The van der Waals surface area contributed by atoms with E-state index in [1.807, 2.05) is 0 Å². The van der Waals surface area contributed by atoms with Crippen LogP contribution in [-0.4, -0.2) is 46.7 Å². The third-order valence-corrected chi connectivity index (χ3v) is 6.27. The van der Waals surface area contributed by atoms with E-state index >= 15 is 0 Å². The first kappa shape index (κ1) is 17.3. The Balaban J connectivity index is 1.64. The van der Waals surface area contributed by atoms with Crippen molar-refractivity contribution in [1.29, 1.82) is 0 Å². The minimum Gasteiger partial charge on any atom is -0.465 e. The quantitative estimate of drug-likeness (QED) is 0.899. The summed E-state index contributed by atoms with van der Waals surface area (Å²) in [6.45, 7) is 3.17. The molecular weight excluding hydrogens is 300 g/mol. The summed E-state index contributed by atoms with van der Waals surface area (Å²) in [5.74, 6) is 0.505. The Hall–Kier alpha value is -1.55. The highest BCUT2D eigenvalue weighted by atomic mass is 16.4. The number of carbonyl (C=O) groups is 1. The van der Waals surface area contributed by atoms with Crippen molar-refractivity contribution >= 4 is 6.09 Å². The van der Waals surface area contributed by atoms with Gasteiger partial charge in [0, 0.05) is 19.1 Å². The van der Waals surface area contributed by atoms with Crippen LogP contribution in [-0.2, 0) is 6.54 Å². The van der Waals surface area contributed by atoms with Crippen molar-refractivity contribution in [3.8, 4) is 0 Å². The van der Waals surface area contributed by atoms with E-state index in [2.05, 4.69) is 35.2 Å². The lowest BCUT2D eigenvalue weighted by molar-refractivity contribution is -0.00291. The Labute approximate surface area is 145 Å². The van der Waals surface area contributed by atoms with Crippen LogP contribution in [0.4, 0.5) is 4.79 Å². The van der Waals surface area contributed by atoms with Crippen molar-refractivity contribution in [1.82, 2.24) is 9.80 Å². The number of piperidine rings is 1. The average molecular weight is 330 g/mol. The molecule has 1 aromatic rings. The van der Waals surface area contributed by atoms with Crippen LogP contribution >= 0.6 is 0 Å². The molecule has 1 heterocycles. The van der Waals surface area contributed by atoms with Crippen molar-refractivity contribution in [3.05, 3.63) is 35.9 Å². The van der Waals surface area contributed by atoms with Gasteiger partial charge in [0.2, 0.25) is 0 Å². The molecule has 132 valence electrons. The van der Waals surface area contributed by atoms with E-state index < -0.39 is 6.09 Å². The van der Waals surface area contributed by atoms with Gasteiger partial charge in [-0.1, -0.05) is 49.6 Å². The summed E-state index contributed by atoms with van der Waals surface area (Å²) in [7, 11) is 1.80. The number of amides is 1. The Morgan fingerprint density at radius 2 is 1.79 bits per heavy atom. The second-order valence-corrected chi connectivity index (χ2v) is 7.54. The average Bonchev–Trinajstić information content (AvgIpc) is 2.63. The molecular formula is C20H30N2O2. The highest BCUT2D eigenvalue weighted by Gasteiger charge is 2.45. The molecule has 0 radical (unpaired) electrons. The molecule has 1 aliphatic carbocycles. The van der Waals surface area contributed by atoms with Gasteiger partial charge in [-0.3, -0.25) is 4.90 Å². The van der Waals surface area contributed by atoms with Gasteiger partial charge in [-0.2, -0.15) is 0 Å². The molecule has 1 amide bonds. The molecule has 1 saturated carbocycles. The zero-order valence-electron chi connectivity index (χ0n) is 14.8. The van der Waals surface area contributed by atoms with Crippen LogP contribution in [0.25, 0.3) is 0 Å². The summed E-state index contributed by atoms with van der Waals surface area (Å²) in [4.78, 5) is 15.8. The number of rotatable bonds is 4. The molecule has 24 heavy (non-hydrogen) atoms. The van der Waals surface area contributed by atoms with Crippen LogP contribution in [0, 0.1) is 5.92 Å². The number of hydrogen-bond donors (Lipinski definition) is 1. The molecule has 4 nitrogen and oxygen atoms in total. The highest BCUT2D eigenvalue weighted by Crippen LogP contribution is 2.43. The summed E-state index contributed by atoms with van der Waals surface area (Å²) in [6, 6.07) is 10.6. The lowest BCUT2D eigenvalue weighted by Crippen LogP contribution is -2.57. The molecule has 1 N–H and O–H groups in total. The summed E-state index contributed by atoms with van der Waals surface area (Å²) in [5, 5.41) is 9.59. The minimum atomic E-state index is -0.761. The fourth-order valence-electron chi connectivity index (χ4n) is 4.84. The van der Waals surface area contributed by atoms with Crippen LogP contribution in [0.5, 0.6) is 0 Å². The topological polar surface area (TPSA) is 43.8 Å². The zero-order chi connectivity index (χ0) is 17.0. The van der Waals surface area contributed by atoms with Crippen molar-refractivity contribution in [2.45, 2.75) is 57.0 Å². The molecule has 0 spiro atoms. The summed E-state index contributed by atoms with van der Waals surface area (Å²) >= 11 is 0. The third kappa shape index (κ3) is 3.59. The number of benzene rings is 1. The van der Waals surface area contributed by atoms with E-state index in [4.69, 9.17) is 0 Å². The molecule has 2 aliphatic rings. The SMILES string of the molecule is CN(C(=O)O)C1(C2CCN(Cc3ccccc3)CC2)CCCCC1. The molecule has 3 rings (SSSR count). The summed E-state index contributed by atoms with van der Waals surface area (Å²) in [5.41, 5.74) is 1.24. The van der Waals surface area contributed by atoms with Gasteiger partial charge in [-0.05, 0) is 50.3 Å². The van der Waals surface area contributed by atoms with Crippen LogP contribution in [0.1, 0.15) is 50.5 Å². The number of carboxylic acid groups (broad SMARTS) is 1. The van der Waals surface area contributed by atoms with Crippen LogP contribution in [0.3, 0.4) is 0 Å². The predicted octanol–water partition coefficient (Wildman–Crippen LogP) is 4.21. The Morgan fingerprint density at radius 3 is 2.38 bits per heavy atom. The molecule has 2 fully saturated rings. The smallest absolute Gasteiger partial charge is 0.407 e. The maximum Gasteiger partial charge on any atom is 0.407 e. The normalized spacial score (nSPS) is 22.2. The molecule has 0 atom stereocenters. The Kier molecular flexibility index (Phi) is 5.44. The second kappa shape index (κ2) is 7.56. The first-order valence-electron chi connectivity index (χ1n) is 9.35. The molecule has 0 unspecified atom stereocenters. The van der Waals surface area contributed by atoms with Gasteiger partial charge >= 0.3 is 6.09 Å². The van der Waals surface area contributed by atoms with Crippen molar-refractivity contribution < 1.29 is 9.90 Å². The highest BCUT2D eigenvalue weighted by molar-refractivity contribution is 5.65. The number of hydrogen-bond acceptors (Lipinski definition) is 2. The molecule has 1 saturated heterocycles. The molecule has 1 aliphatic heterocycles. The number of nitrogens with zero attached hydrogens (tertiary/aromatic N) is 2. The molecule has 1 aromatic carbocycles. The number of likely N-dealkylation sites (tertiary alicyclic amines) is 1. The van der Waals surface area contributed by atoms with E-state index in [-0.39, 0.29) is 5.54 Å². The molecule has 0 aromatic heterocycles. The first-order chi connectivity index (χ1) is 11.6. The maximum atomic E-state index is 11.7.